The average molecular weight is 345 g/mol. The first kappa shape index (κ1) is 16.8. The number of hydrogen-bond donors (Lipinski definition) is 1. The van der Waals surface area contributed by atoms with Gasteiger partial charge < -0.3 is 10.2 Å². The van der Waals surface area contributed by atoms with Gasteiger partial charge in [-0.3, -0.25) is 4.79 Å². The molecule has 3 rings (SSSR count). The summed E-state index contributed by atoms with van der Waals surface area (Å²) in [5, 5.41) is 4.18. The minimum atomic E-state index is -0.0160. The Hall–Kier alpha value is -2.02. The molecular weight excluding hydrogens is 322 g/mol. The molecule has 2 aromatic heterocycles. The summed E-state index contributed by atoms with van der Waals surface area (Å²) in [5.74, 6) is 1.06. The first-order valence-corrected chi connectivity index (χ1v) is 9.16. The van der Waals surface area contributed by atoms with Gasteiger partial charge in [-0.05, 0) is 25.8 Å². The maximum absolute atomic E-state index is 12.6. The number of nitrogens with zero attached hydrogens (tertiary/aromatic N) is 4. The van der Waals surface area contributed by atoms with Crippen LogP contribution in [0.25, 0.3) is 0 Å². The predicted octanol–water partition coefficient (Wildman–Crippen LogP) is 2.76. The Labute approximate surface area is 146 Å². The Morgan fingerprint density at radius 3 is 2.79 bits per heavy atom. The second-order valence-electron chi connectivity index (χ2n) is 6.43. The number of hydrogen-bond acceptors (Lipinski definition) is 6. The Morgan fingerprint density at radius 1 is 1.38 bits per heavy atom. The SMILES string of the molecule is Cc1nc(C(C)C)sc1C(=O)NC1CCCN(c2ncccn2)C1. The standard InChI is InChI=1S/C17H23N5OS/c1-11(2)16-20-12(3)14(24-16)15(23)21-13-6-4-9-22(10-13)17-18-7-5-8-19-17/h5,7-8,11,13H,4,6,9-10H2,1-3H3,(H,21,23). The zero-order chi connectivity index (χ0) is 17.1. The minimum absolute atomic E-state index is 0.0160. The summed E-state index contributed by atoms with van der Waals surface area (Å²) in [6, 6.07) is 1.92. The molecule has 1 aliphatic heterocycles. The third-order valence-corrected chi connectivity index (χ3v) is 5.56. The van der Waals surface area contributed by atoms with E-state index < -0.39 is 0 Å². The number of piperidine rings is 1. The quantitative estimate of drug-likeness (QED) is 0.922. The van der Waals surface area contributed by atoms with Gasteiger partial charge in [0, 0.05) is 37.4 Å². The van der Waals surface area contributed by atoms with Crippen molar-refractivity contribution >= 4 is 23.2 Å². The first-order chi connectivity index (χ1) is 11.5. The van der Waals surface area contributed by atoms with E-state index in [1.54, 1.807) is 12.4 Å². The fourth-order valence-electron chi connectivity index (χ4n) is 2.86. The van der Waals surface area contributed by atoms with E-state index in [9.17, 15) is 4.79 Å². The molecule has 6 nitrogen and oxygen atoms in total. The Morgan fingerprint density at radius 2 is 2.12 bits per heavy atom. The molecule has 1 amide bonds. The second-order valence-corrected chi connectivity index (χ2v) is 7.46. The van der Waals surface area contributed by atoms with Crippen molar-refractivity contribution < 1.29 is 4.79 Å². The number of carbonyl (C=O) groups is 1. The molecule has 1 saturated heterocycles. The Kier molecular flexibility index (Phi) is 5.08. The van der Waals surface area contributed by atoms with Gasteiger partial charge in [0.05, 0.1) is 10.7 Å². The van der Waals surface area contributed by atoms with Crippen LogP contribution >= 0.6 is 11.3 Å². The van der Waals surface area contributed by atoms with Crippen molar-refractivity contribution in [3.8, 4) is 0 Å². The van der Waals surface area contributed by atoms with Gasteiger partial charge in [0.2, 0.25) is 5.95 Å². The Bertz CT molecular complexity index is 700. The van der Waals surface area contributed by atoms with E-state index in [2.05, 4.69) is 39.0 Å². The van der Waals surface area contributed by atoms with Crippen molar-refractivity contribution in [2.75, 3.05) is 18.0 Å². The molecule has 1 aliphatic rings. The van der Waals surface area contributed by atoms with Gasteiger partial charge in [-0.2, -0.15) is 0 Å². The van der Waals surface area contributed by atoms with Crippen LogP contribution < -0.4 is 10.2 Å². The molecule has 128 valence electrons. The van der Waals surface area contributed by atoms with Crippen LogP contribution in [0.2, 0.25) is 0 Å². The number of carbonyl (C=O) groups excluding carboxylic acids is 1. The normalized spacial score (nSPS) is 18.0. The number of rotatable bonds is 4. The third kappa shape index (κ3) is 3.72. The van der Waals surface area contributed by atoms with Gasteiger partial charge >= 0.3 is 0 Å². The molecule has 1 fully saturated rings. The average Bonchev–Trinajstić information content (AvgIpc) is 2.98. The van der Waals surface area contributed by atoms with Gasteiger partial charge in [-0.1, -0.05) is 13.8 Å². The molecule has 1 N–H and O–H groups in total. The lowest BCUT2D eigenvalue weighted by Crippen LogP contribution is -2.48. The summed E-state index contributed by atoms with van der Waals surface area (Å²) in [4.78, 5) is 28.6. The van der Waals surface area contributed by atoms with Crippen LogP contribution in [0.4, 0.5) is 5.95 Å². The number of amides is 1. The highest BCUT2D eigenvalue weighted by Gasteiger charge is 2.25. The van der Waals surface area contributed by atoms with E-state index in [-0.39, 0.29) is 11.9 Å². The molecule has 1 atom stereocenters. The maximum Gasteiger partial charge on any atom is 0.263 e. The van der Waals surface area contributed by atoms with Crippen LogP contribution in [0.15, 0.2) is 18.5 Å². The molecule has 2 aromatic rings. The van der Waals surface area contributed by atoms with Crippen LogP contribution in [0.5, 0.6) is 0 Å². The summed E-state index contributed by atoms with van der Waals surface area (Å²) in [6.45, 7) is 7.76. The lowest BCUT2D eigenvalue weighted by Gasteiger charge is -2.33. The van der Waals surface area contributed by atoms with Crippen molar-refractivity contribution in [2.45, 2.75) is 45.6 Å². The summed E-state index contributed by atoms with van der Waals surface area (Å²) in [6.07, 6.45) is 5.49. The first-order valence-electron chi connectivity index (χ1n) is 8.34. The highest BCUT2D eigenvalue weighted by molar-refractivity contribution is 7.13. The van der Waals surface area contributed by atoms with Gasteiger partial charge in [-0.25, -0.2) is 15.0 Å². The smallest absolute Gasteiger partial charge is 0.263 e. The number of aryl methyl sites for hydroxylation is 1. The molecule has 0 aliphatic carbocycles. The molecule has 0 bridgehead atoms. The van der Waals surface area contributed by atoms with Gasteiger partial charge in [0.15, 0.2) is 0 Å². The highest BCUT2D eigenvalue weighted by atomic mass is 32.1. The number of aromatic nitrogens is 3. The predicted molar refractivity (Wildman–Crippen MR) is 95.7 cm³/mol. The molecule has 3 heterocycles. The van der Waals surface area contributed by atoms with Crippen LogP contribution in [0.1, 0.15) is 53.0 Å². The van der Waals surface area contributed by atoms with Crippen molar-refractivity contribution in [1.29, 1.82) is 0 Å². The van der Waals surface area contributed by atoms with E-state index in [0.717, 1.165) is 47.5 Å². The van der Waals surface area contributed by atoms with E-state index in [1.807, 2.05) is 13.0 Å². The molecule has 1 unspecified atom stereocenters. The van der Waals surface area contributed by atoms with Crippen LogP contribution in [0.3, 0.4) is 0 Å². The zero-order valence-corrected chi connectivity index (χ0v) is 15.1. The van der Waals surface area contributed by atoms with Crippen LogP contribution in [-0.2, 0) is 0 Å². The topological polar surface area (TPSA) is 71.0 Å². The summed E-state index contributed by atoms with van der Waals surface area (Å²) in [7, 11) is 0. The number of thiazole rings is 1. The number of anilines is 1. The Balaban J connectivity index is 1.66. The number of nitrogens with one attached hydrogen (secondary N) is 1. The maximum atomic E-state index is 12.6. The fourth-order valence-corrected chi connectivity index (χ4v) is 3.83. The lowest BCUT2D eigenvalue weighted by molar-refractivity contribution is 0.0936. The minimum Gasteiger partial charge on any atom is -0.347 e. The second kappa shape index (κ2) is 7.25. The monoisotopic (exact) mass is 345 g/mol. The molecule has 0 aromatic carbocycles. The molecule has 0 spiro atoms. The molecular formula is C17H23N5OS. The molecule has 24 heavy (non-hydrogen) atoms. The van der Waals surface area contributed by atoms with Crippen molar-refractivity contribution in [3.05, 3.63) is 34.0 Å². The van der Waals surface area contributed by atoms with Crippen molar-refractivity contribution in [2.24, 2.45) is 0 Å². The summed E-state index contributed by atoms with van der Waals surface area (Å²) in [5.41, 5.74) is 0.820. The van der Waals surface area contributed by atoms with Gasteiger partial charge in [-0.15, -0.1) is 11.3 Å². The zero-order valence-electron chi connectivity index (χ0n) is 14.3. The highest BCUT2D eigenvalue weighted by Crippen LogP contribution is 2.25. The van der Waals surface area contributed by atoms with E-state index in [1.165, 1.54) is 11.3 Å². The molecule has 7 heteroatoms. The lowest BCUT2D eigenvalue weighted by atomic mass is 10.1. The molecule has 0 saturated carbocycles. The van der Waals surface area contributed by atoms with Gasteiger partial charge in [0.1, 0.15) is 4.88 Å². The van der Waals surface area contributed by atoms with E-state index in [0.29, 0.717) is 5.92 Å². The van der Waals surface area contributed by atoms with E-state index in [4.69, 9.17) is 0 Å². The summed E-state index contributed by atoms with van der Waals surface area (Å²) >= 11 is 1.50. The van der Waals surface area contributed by atoms with Crippen molar-refractivity contribution in [1.82, 2.24) is 20.3 Å². The van der Waals surface area contributed by atoms with Crippen LogP contribution in [-0.4, -0.2) is 40.0 Å². The van der Waals surface area contributed by atoms with Crippen LogP contribution in [0, 0.1) is 6.92 Å². The van der Waals surface area contributed by atoms with Crippen molar-refractivity contribution in [3.63, 3.8) is 0 Å². The fraction of sp³-hybridized carbons (Fsp3) is 0.529. The third-order valence-electron chi connectivity index (χ3n) is 4.10. The van der Waals surface area contributed by atoms with Gasteiger partial charge in [0.25, 0.3) is 5.91 Å². The summed E-state index contributed by atoms with van der Waals surface area (Å²) < 4.78 is 0. The van der Waals surface area contributed by atoms with E-state index >= 15 is 0 Å². The molecule has 0 radical (unpaired) electrons. The largest absolute Gasteiger partial charge is 0.347 e.